The number of H-pyrrole nitrogens is 1. The molecule has 0 unspecified atom stereocenters. The molecule has 1 aliphatic rings. The highest BCUT2D eigenvalue weighted by molar-refractivity contribution is 5.18. The van der Waals surface area contributed by atoms with E-state index in [9.17, 15) is 4.79 Å². The monoisotopic (exact) mass is 179 g/mol. The second kappa shape index (κ2) is 2.96. The molecule has 3 N–H and O–H groups in total. The average Bonchev–Trinajstić information content (AvgIpc) is 2.85. The van der Waals surface area contributed by atoms with Crippen LogP contribution in [-0.4, -0.2) is 9.97 Å². The molecule has 0 radical (unpaired) electrons. The van der Waals surface area contributed by atoms with E-state index >= 15 is 0 Å². The average molecular weight is 179 g/mol. The van der Waals surface area contributed by atoms with Crippen LogP contribution in [0.2, 0.25) is 0 Å². The van der Waals surface area contributed by atoms with Crippen molar-refractivity contribution in [1.29, 1.82) is 0 Å². The number of aromatic amines is 1. The molecule has 0 aromatic carbocycles. The van der Waals surface area contributed by atoms with E-state index in [4.69, 9.17) is 5.73 Å². The van der Waals surface area contributed by atoms with Crippen molar-refractivity contribution in [2.24, 2.45) is 5.73 Å². The quantitative estimate of drug-likeness (QED) is 0.690. The highest BCUT2D eigenvalue weighted by Crippen LogP contribution is 2.37. The van der Waals surface area contributed by atoms with Gasteiger partial charge in [-0.15, -0.1) is 0 Å². The van der Waals surface area contributed by atoms with Crippen molar-refractivity contribution in [3.63, 3.8) is 0 Å². The Morgan fingerprint density at radius 3 is 2.77 bits per heavy atom. The van der Waals surface area contributed by atoms with Crippen molar-refractivity contribution in [3.05, 3.63) is 27.4 Å². The first-order valence-corrected chi connectivity index (χ1v) is 4.52. The van der Waals surface area contributed by atoms with Gasteiger partial charge < -0.3 is 10.7 Å². The largest absolute Gasteiger partial charge is 0.326 e. The fraction of sp³-hybridized carbons (Fsp3) is 0.556. The van der Waals surface area contributed by atoms with Gasteiger partial charge in [0.1, 0.15) is 5.82 Å². The summed E-state index contributed by atoms with van der Waals surface area (Å²) in [6.45, 7) is 2.10. The Morgan fingerprint density at radius 1 is 1.62 bits per heavy atom. The Kier molecular flexibility index (Phi) is 1.92. The molecular weight excluding hydrogens is 166 g/mol. The number of nitrogens with zero attached hydrogens (tertiary/aromatic N) is 1. The third-order valence-electron chi connectivity index (χ3n) is 2.41. The van der Waals surface area contributed by atoms with Crippen LogP contribution in [-0.2, 0) is 6.54 Å². The minimum absolute atomic E-state index is 0.0723. The number of hydrogen-bond donors (Lipinski definition) is 2. The zero-order valence-corrected chi connectivity index (χ0v) is 7.63. The predicted octanol–water partition coefficient (Wildman–Crippen LogP) is 0.414. The maximum absolute atomic E-state index is 11.4. The Labute approximate surface area is 76.2 Å². The minimum Gasteiger partial charge on any atom is -0.326 e. The molecule has 4 heteroatoms. The molecule has 0 saturated heterocycles. The van der Waals surface area contributed by atoms with Gasteiger partial charge in [-0.25, -0.2) is 4.98 Å². The third-order valence-corrected chi connectivity index (χ3v) is 2.41. The molecule has 1 aliphatic carbocycles. The standard InChI is InChI=1S/C9H13N3O/c1-5-7(4-10)9(13)12-8(11-5)6-2-3-6/h6H,2-4,10H2,1H3,(H,11,12,13). The number of hydrogen-bond acceptors (Lipinski definition) is 3. The molecule has 0 aliphatic heterocycles. The van der Waals surface area contributed by atoms with E-state index in [2.05, 4.69) is 9.97 Å². The lowest BCUT2D eigenvalue weighted by Gasteiger charge is -2.03. The van der Waals surface area contributed by atoms with E-state index in [1.807, 2.05) is 6.92 Å². The van der Waals surface area contributed by atoms with Gasteiger partial charge in [-0.3, -0.25) is 4.79 Å². The molecule has 1 fully saturated rings. The smallest absolute Gasteiger partial charge is 0.255 e. The van der Waals surface area contributed by atoms with Gasteiger partial charge in [0, 0.05) is 18.2 Å². The minimum atomic E-state index is -0.0723. The summed E-state index contributed by atoms with van der Waals surface area (Å²) < 4.78 is 0. The Morgan fingerprint density at radius 2 is 2.31 bits per heavy atom. The van der Waals surface area contributed by atoms with Crippen LogP contribution in [0.3, 0.4) is 0 Å². The van der Waals surface area contributed by atoms with E-state index in [1.165, 1.54) is 0 Å². The Bertz CT molecular complexity index is 379. The first-order valence-electron chi connectivity index (χ1n) is 4.52. The molecule has 13 heavy (non-hydrogen) atoms. The maximum Gasteiger partial charge on any atom is 0.255 e. The molecule has 1 aromatic rings. The van der Waals surface area contributed by atoms with Crippen LogP contribution in [0.5, 0.6) is 0 Å². The molecule has 0 amide bonds. The number of nitrogens with two attached hydrogens (primary N) is 1. The van der Waals surface area contributed by atoms with Crippen molar-refractivity contribution in [2.75, 3.05) is 0 Å². The topological polar surface area (TPSA) is 71.8 Å². The molecule has 0 spiro atoms. The van der Waals surface area contributed by atoms with Crippen LogP contribution in [0, 0.1) is 6.92 Å². The normalized spacial score (nSPS) is 16.2. The second-order valence-corrected chi connectivity index (χ2v) is 3.49. The molecule has 1 aromatic heterocycles. The first-order chi connectivity index (χ1) is 6.22. The second-order valence-electron chi connectivity index (χ2n) is 3.49. The molecule has 70 valence electrons. The summed E-state index contributed by atoms with van der Waals surface area (Å²) in [5.74, 6) is 1.32. The zero-order chi connectivity index (χ0) is 9.42. The van der Waals surface area contributed by atoms with Crippen molar-refractivity contribution >= 4 is 0 Å². The van der Waals surface area contributed by atoms with E-state index in [1.54, 1.807) is 0 Å². The van der Waals surface area contributed by atoms with Crippen molar-refractivity contribution in [1.82, 2.24) is 9.97 Å². The lowest BCUT2D eigenvalue weighted by molar-refractivity contribution is 0.847. The molecule has 0 bridgehead atoms. The van der Waals surface area contributed by atoms with Crippen molar-refractivity contribution in [3.8, 4) is 0 Å². The fourth-order valence-electron chi connectivity index (χ4n) is 1.42. The van der Waals surface area contributed by atoms with E-state index in [0.29, 0.717) is 11.5 Å². The molecule has 4 nitrogen and oxygen atoms in total. The molecule has 0 atom stereocenters. The van der Waals surface area contributed by atoms with E-state index in [-0.39, 0.29) is 12.1 Å². The summed E-state index contributed by atoms with van der Waals surface area (Å²) in [6.07, 6.45) is 2.29. The number of nitrogens with one attached hydrogen (secondary N) is 1. The van der Waals surface area contributed by atoms with Gasteiger partial charge in [-0.05, 0) is 19.8 Å². The first kappa shape index (κ1) is 8.44. The van der Waals surface area contributed by atoms with Crippen LogP contribution in [0.15, 0.2) is 4.79 Å². The van der Waals surface area contributed by atoms with Gasteiger partial charge in [0.05, 0.1) is 5.56 Å². The fourth-order valence-corrected chi connectivity index (χ4v) is 1.42. The summed E-state index contributed by atoms with van der Waals surface area (Å²) in [5, 5.41) is 0. The van der Waals surface area contributed by atoms with Crippen LogP contribution in [0.25, 0.3) is 0 Å². The van der Waals surface area contributed by atoms with Gasteiger partial charge in [0.15, 0.2) is 0 Å². The van der Waals surface area contributed by atoms with Gasteiger partial charge in [-0.2, -0.15) is 0 Å². The SMILES string of the molecule is Cc1nc(C2CC2)[nH]c(=O)c1CN. The molecule has 1 heterocycles. The molecule has 1 saturated carbocycles. The summed E-state index contributed by atoms with van der Waals surface area (Å²) in [4.78, 5) is 18.6. The molecular formula is C9H13N3O. The summed E-state index contributed by atoms with van der Waals surface area (Å²) in [5.41, 5.74) is 6.73. The van der Waals surface area contributed by atoms with E-state index in [0.717, 1.165) is 24.4 Å². The Balaban J connectivity index is 2.48. The predicted molar refractivity (Wildman–Crippen MR) is 49.5 cm³/mol. The highest BCUT2D eigenvalue weighted by Gasteiger charge is 2.26. The number of aryl methyl sites for hydroxylation is 1. The summed E-state index contributed by atoms with van der Waals surface area (Å²) in [6, 6.07) is 0. The van der Waals surface area contributed by atoms with Crippen LogP contribution in [0.4, 0.5) is 0 Å². The lowest BCUT2D eigenvalue weighted by atomic mass is 10.2. The molecule has 2 rings (SSSR count). The van der Waals surface area contributed by atoms with Crippen LogP contribution < -0.4 is 11.3 Å². The van der Waals surface area contributed by atoms with Gasteiger partial charge in [-0.1, -0.05) is 0 Å². The number of aromatic nitrogens is 2. The summed E-state index contributed by atoms with van der Waals surface area (Å²) in [7, 11) is 0. The Hall–Kier alpha value is -1.16. The lowest BCUT2D eigenvalue weighted by Crippen LogP contribution is -2.21. The maximum atomic E-state index is 11.4. The van der Waals surface area contributed by atoms with Crippen molar-refractivity contribution < 1.29 is 0 Å². The number of rotatable bonds is 2. The highest BCUT2D eigenvalue weighted by atomic mass is 16.1. The third kappa shape index (κ3) is 1.49. The van der Waals surface area contributed by atoms with Gasteiger partial charge in [0.2, 0.25) is 0 Å². The van der Waals surface area contributed by atoms with Crippen molar-refractivity contribution in [2.45, 2.75) is 32.2 Å². The van der Waals surface area contributed by atoms with Gasteiger partial charge in [0.25, 0.3) is 5.56 Å². The zero-order valence-electron chi connectivity index (χ0n) is 7.63. The van der Waals surface area contributed by atoms with E-state index < -0.39 is 0 Å². The van der Waals surface area contributed by atoms with Gasteiger partial charge >= 0.3 is 0 Å². The summed E-state index contributed by atoms with van der Waals surface area (Å²) >= 11 is 0. The van der Waals surface area contributed by atoms with Crippen LogP contribution in [0.1, 0.15) is 35.8 Å². The van der Waals surface area contributed by atoms with Crippen LogP contribution >= 0.6 is 0 Å².